The smallest absolute Gasteiger partial charge is 0.340 e. The molecule has 0 spiro atoms. The molecule has 1 atom stereocenters. The molecule has 0 fully saturated rings. The second-order valence-electron chi connectivity index (χ2n) is 7.77. The van der Waals surface area contributed by atoms with Gasteiger partial charge in [0.15, 0.2) is 0 Å². The zero-order valence-electron chi connectivity index (χ0n) is 18.1. The summed E-state index contributed by atoms with van der Waals surface area (Å²) in [4.78, 5) is 37.6. The fourth-order valence-electron chi connectivity index (χ4n) is 3.83. The summed E-state index contributed by atoms with van der Waals surface area (Å²) in [6.45, 7) is 3.71. The van der Waals surface area contributed by atoms with Gasteiger partial charge in [-0.3, -0.25) is 4.79 Å². The van der Waals surface area contributed by atoms with Crippen LogP contribution in [0.4, 0.5) is 0 Å². The van der Waals surface area contributed by atoms with Gasteiger partial charge < -0.3 is 18.9 Å². The maximum atomic E-state index is 12.8. The number of aryl methyl sites for hydroxylation is 2. The van der Waals surface area contributed by atoms with E-state index in [4.69, 9.17) is 13.6 Å². The largest absolute Gasteiger partial charge is 0.467 e. The SMILES string of the molecule is COC(=O)[C@H](Cc1ccccc1)NC(=O)Cc1c(C)c2cc3c(C)coc3cc2oc1=O. The van der Waals surface area contributed by atoms with Crippen LogP contribution in [0, 0.1) is 13.8 Å². The van der Waals surface area contributed by atoms with E-state index in [1.165, 1.54) is 7.11 Å². The minimum Gasteiger partial charge on any atom is -0.467 e. The van der Waals surface area contributed by atoms with Crippen molar-refractivity contribution in [2.75, 3.05) is 7.11 Å². The maximum absolute atomic E-state index is 12.8. The van der Waals surface area contributed by atoms with Gasteiger partial charge in [-0.15, -0.1) is 0 Å². The van der Waals surface area contributed by atoms with Gasteiger partial charge in [-0.2, -0.15) is 0 Å². The zero-order valence-corrected chi connectivity index (χ0v) is 18.1. The molecule has 4 rings (SSSR count). The molecule has 32 heavy (non-hydrogen) atoms. The molecule has 1 N–H and O–H groups in total. The van der Waals surface area contributed by atoms with Crippen molar-refractivity contribution in [3.05, 3.63) is 81.4 Å². The predicted octanol–water partition coefficient (Wildman–Crippen LogP) is 3.60. The molecule has 0 aliphatic carbocycles. The fourth-order valence-corrected chi connectivity index (χ4v) is 3.83. The first-order chi connectivity index (χ1) is 15.4. The molecular weight excluding hydrogens is 410 g/mol. The highest BCUT2D eigenvalue weighted by molar-refractivity contribution is 5.96. The number of rotatable bonds is 6. The summed E-state index contributed by atoms with van der Waals surface area (Å²) < 4.78 is 15.8. The maximum Gasteiger partial charge on any atom is 0.340 e. The van der Waals surface area contributed by atoms with Crippen LogP contribution in [0.2, 0.25) is 0 Å². The molecule has 0 radical (unpaired) electrons. The van der Waals surface area contributed by atoms with Gasteiger partial charge in [-0.05, 0) is 36.6 Å². The lowest BCUT2D eigenvalue weighted by Crippen LogP contribution is -2.44. The first-order valence-electron chi connectivity index (χ1n) is 10.2. The molecule has 0 bridgehead atoms. The number of hydrogen-bond acceptors (Lipinski definition) is 6. The standard InChI is InChI=1S/C25H23NO6/c1-14-13-31-21-12-22-18(10-17(14)21)15(2)19(24(28)32-22)11-23(27)26-20(25(29)30-3)9-16-7-5-4-6-8-16/h4-8,10,12-13,20H,9,11H2,1-3H3,(H,26,27)/t20-/m0/s1. The molecule has 0 saturated carbocycles. The van der Waals surface area contributed by atoms with E-state index < -0.39 is 23.5 Å². The Morgan fingerprint density at radius 2 is 1.81 bits per heavy atom. The van der Waals surface area contributed by atoms with Crippen molar-refractivity contribution < 1.29 is 23.2 Å². The van der Waals surface area contributed by atoms with E-state index in [0.717, 1.165) is 21.9 Å². The summed E-state index contributed by atoms with van der Waals surface area (Å²) in [7, 11) is 1.27. The number of hydrogen-bond donors (Lipinski definition) is 1. The molecule has 0 aliphatic rings. The Kier molecular flexibility index (Phi) is 5.81. The lowest BCUT2D eigenvalue weighted by Gasteiger charge is -2.17. The Labute approximate surface area is 184 Å². The van der Waals surface area contributed by atoms with Gasteiger partial charge in [0.05, 0.1) is 25.4 Å². The Morgan fingerprint density at radius 3 is 2.53 bits per heavy atom. The first kappa shape index (κ1) is 21.4. The minimum absolute atomic E-state index is 0.213. The van der Waals surface area contributed by atoms with Crippen LogP contribution >= 0.6 is 0 Å². The molecule has 7 heteroatoms. The number of furan rings is 1. The van der Waals surface area contributed by atoms with E-state index in [0.29, 0.717) is 16.7 Å². The van der Waals surface area contributed by atoms with Gasteiger partial charge in [0.25, 0.3) is 0 Å². The molecular formula is C25H23NO6. The van der Waals surface area contributed by atoms with Gasteiger partial charge in [-0.25, -0.2) is 9.59 Å². The third kappa shape index (κ3) is 4.14. The van der Waals surface area contributed by atoms with Gasteiger partial charge in [-0.1, -0.05) is 30.3 Å². The van der Waals surface area contributed by atoms with Crippen molar-refractivity contribution in [1.82, 2.24) is 5.32 Å². The van der Waals surface area contributed by atoms with Gasteiger partial charge in [0, 0.05) is 23.3 Å². The fraction of sp³-hybridized carbons (Fsp3) is 0.240. The van der Waals surface area contributed by atoms with Crippen LogP contribution in [0.3, 0.4) is 0 Å². The molecule has 2 aromatic carbocycles. The average molecular weight is 433 g/mol. The highest BCUT2D eigenvalue weighted by Gasteiger charge is 2.24. The van der Waals surface area contributed by atoms with Crippen molar-refractivity contribution >= 4 is 33.8 Å². The van der Waals surface area contributed by atoms with Crippen molar-refractivity contribution in [3.8, 4) is 0 Å². The van der Waals surface area contributed by atoms with Crippen molar-refractivity contribution in [2.24, 2.45) is 0 Å². The molecule has 0 saturated heterocycles. The van der Waals surface area contributed by atoms with Crippen LogP contribution in [0.25, 0.3) is 21.9 Å². The Bertz CT molecular complexity index is 1370. The molecule has 0 aliphatic heterocycles. The highest BCUT2D eigenvalue weighted by atomic mass is 16.5. The molecule has 7 nitrogen and oxygen atoms in total. The lowest BCUT2D eigenvalue weighted by atomic mass is 10.0. The summed E-state index contributed by atoms with van der Waals surface area (Å²) in [5.74, 6) is -1.02. The Balaban J connectivity index is 1.61. The van der Waals surface area contributed by atoms with Crippen molar-refractivity contribution in [1.29, 1.82) is 0 Å². The van der Waals surface area contributed by atoms with E-state index in [-0.39, 0.29) is 18.4 Å². The minimum atomic E-state index is -0.865. The molecule has 2 aromatic heterocycles. The lowest BCUT2D eigenvalue weighted by molar-refractivity contribution is -0.145. The number of nitrogens with one attached hydrogen (secondary N) is 1. The highest BCUT2D eigenvalue weighted by Crippen LogP contribution is 2.28. The number of fused-ring (bicyclic) bond motifs is 2. The first-order valence-corrected chi connectivity index (χ1v) is 10.2. The Hall–Kier alpha value is -3.87. The molecule has 164 valence electrons. The number of amides is 1. The zero-order chi connectivity index (χ0) is 22.8. The third-order valence-corrected chi connectivity index (χ3v) is 5.62. The quantitative estimate of drug-likeness (QED) is 0.369. The number of carbonyl (C=O) groups is 2. The molecule has 4 aromatic rings. The van der Waals surface area contributed by atoms with Crippen LogP contribution in [0.5, 0.6) is 0 Å². The molecule has 1 amide bonds. The van der Waals surface area contributed by atoms with Gasteiger partial charge in [0.1, 0.15) is 17.2 Å². The summed E-state index contributed by atoms with van der Waals surface area (Å²) in [5.41, 5.74) is 3.19. The number of methoxy groups -OCH3 is 1. The second-order valence-corrected chi connectivity index (χ2v) is 7.77. The molecule has 0 unspecified atom stereocenters. The van der Waals surface area contributed by atoms with Crippen molar-refractivity contribution in [3.63, 3.8) is 0 Å². The van der Waals surface area contributed by atoms with Crippen LogP contribution < -0.4 is 10.9 Å². The van der Waals surface area contributed by atoms with E-state index >= 15 is 0 Å². The predicted molar refractivity (Wildman–Crippen MR) is 120 cm³/mol. The monoisotopic (exact) mass is 433 g/mol. The van der Waals surface area contributed by atoms with E-state index in [2.05, 4.69) is 5.32 Å². The number of carbonyl (C=O) groups excluding carboxylic acids is 2. The number of benzene rings is 2. The van der Waals surface area contributed by atoms with Gasteiger partial charge >= 0.3 is 11.6 Å². The Morgan fingerprint density at radius 1 is 1.06 bits per heavy atom. The average Bonchev–Trinajstić information content (AvgIpc) is 3.15. The van der Waals surface area contributed by atoms with Crippen LogP contribution in [-0.2, 0) is 27.2 Å². The second kappa shape index (κ2) is 8.70. The summed E-state index contributed by atoms with van der Waals surface area (Å²) in [6, 6.07) is 12.0. The van der Waals surface area contributed by atoms with Crippen molar-refractivity contribution in [2.45, 2.75) is 32.7 Å². The topological polar surface area (TPSA) is 98.8 Å². The van der Waals surface area contributed by atoms with Crippen LogP contribution in [0.15, 0.2) is 62.4 Å². The van der Waals surface area contributed by atoms with E-state index in [1.807, 2.05) is 43.3 Å². The normalized spacial score (nSPS) is 12.1. The van der Waals surface area contributed by atoms with E-state index in [9.17, 15) is 14.4 Å². The summed E-state index contributed by atoms with van der Waals surface area (Å²) >= 11 is 0. The number of esters is 1. The van der Waals surface area contributed by atoms with E-state index in [1.54, 1.807) is 19.3 Å². The van der Waals surface area contributed by atoms with Crippen LogP contribution in [0.1, 0.15) is 22.3 Å². The number of ether oxygens (including phenoxy) is 1. The summed E-state index contributed by atoms with van der Waals surface area (Å²) in [6.07, 6.45) is 1.71. The molecule has 2 heterocycles. The van der Waals surface area contributed by atoms with Gasteiger partial charge in [0.2, 0.25) is 5.91 Å². The third-order valence-electron chi connectivity index (χ3n) is 5.62. The van der Waals surface area contributed by atoms with Crippen LogP contribution in [-0.4, -0.2) is 25.0 Å². The summed E-state index contributed by atoms with van der Waals surface area (Å²) in [5, 5.41) is 4.34.